The number of carbonyl (C=O) groups excluding carboxylic acids is 1. The van der Waals surface area contributed by atoms with Gasteiger partial charge in [-0.1, -0.05) is 17.3 Å². The second kappa shape index (κ2) is 9.60. The summed E-state index contributed by atoms with van der Waals surface area (Å²) in [6.07, 6.45) is 1.59. The van der Waals surface area contributed by atoms with Gasteiger partial charge in [0.2, 0.25) is 0 Å². The van der Waals surface area contributed by atoms with Crippen molar-refractivity contribution in [2.24, 2.45) is 0 Å². The highest BCUT2D eigenvalue weighted by atomic mass is 19.1. The van der Waals surface area contributed by atoms with Crippen LogP contribution in [0, 0.1) is 25.5 Å². The SMILES string of the molecule is Cc1noc(C)c1COc1cccc(C(=O)N(Cc2ccccn2)c2ccc(F)cc2F)c1. The molecule has 6 nitrogen and oxygen atoms in total. The molecule has 8 heteroatoms. The molecule has 0 saturated heterocycles. The molecule has 2 aromatic heterocycles. The number of aryl methyl sites for hydroxylation is 2. The Morgan fingerprint density at radius 1 is 1.06 bits per heavy atom. The second-order valence-corrected chi connectivity index (χ2v) is 7.43. The van der Waals surface area contributed by atoms with Crippen molar-refractivity contribution in [1.29, 1.82) is 0 Å². The van der Waals surface area contributed by atoms with Gasteiger partial charge < -0.3 is 9.26 Å². The number of pyridine rings is 1. The van der Waals surface area contributed by atoms with Crippen LogP contribution in [0.15, 0.2) is 71.4 Å². The molecule has 4 rings (SSSR count). The van der Waals surface area contributed by atoms with E-state index in [4.69, 9.17) is 9.26 Å². The zero-order valence-electron chi connectivity index (χ0n) is 18.1. The molecule has 0 spiro atoms. The highest BCUT2D eigenvalue weighted by Gasteiger charge is 2.22. The van der Waals surface area contributed by atoms with Gasteiger partial charge in [0, 0.05) is 17.8 Å². The lowest BCUT2D eigenvalue weighted by molar-refractivity contribution is 0.0983. The molecule has 0 fully saturated rings. The van der Waals surface area contributed by atoms with E-state index in [9.17, 15) is 13.6 Å². The first kappa shape index (κ1) is 22.1. The fourth-order valence-electron chi connectivity index (χ4n) is 3.36. The van der Waals surface area contributed by atoms with Crippen LogP contribution in [-0.4, -0.2) is 16.0 Å². The monoisotopic (exact) mass is 449 g/mol. The molecule has 0 aliphatic carbocycles. The summed E-state index contributed by atoms with van der Waals surface area (Å²) < 4.78 is 39.1. The Hall–Kier alpha value is -4.07. The lowest BCUT2D eigenvalue weighted by Gasteiger charge is -2.23. The minimum Gasteiger partial charge on any atom is -0.489 e. The fraction of sp³-hybridized carbons (Fsp3) is 0.160. The number of rotatable bonds is 7. The highest BCUT2D eigenvalue weighted by molar-refractivity contribution is 6.06. The number of hydrogen-bond donors (Lipinski definition) is 0. The molecule has 0 aliphatic rings. The molecule has 0 aliphatic heterocycles. The Bertz CT molecular complexity index is 1260. The van der Waals surface area contributed by atoms with E-state index in [1.165, 1.54) is 11.0 Å². The average molecular weight is 449 g/mol. The number of carbonyl (C=O) groups is 1. The first-order valence-electron chi connectivity index (χ1n) is 10.2. The molecule has 0 N–H and O–H groups in total. The van der Waals surface area contributed by atoms with Crippen LogP contribution in [0.2, 0.25) is 0 Å². The average Bonchev–Trinajstić information content (AvgIpc) is 3.14. The van der Waals surface area contributed by atoms with Crippen LogP contribution >= 0.6 is 0 Å². The van der Waals surface area contributed by atoms with Crippen molar-refractivity contribution in [1.82, 2.24) is 10.1 Å². The molecule has 0 saturated carbocycles. The summed E-state index contributed by atoms with van der Waals surface area (Å²) in [6, 6.07) is 14.9. The van der Waals surface area contributed by atoms with Crippen molar-refractivity contribution >= 4 is 11.6 Å². The highest BCUT2D eigenvalue weighted by Crippen LogP contribution is 2.26. The number of hydrogen-bond acceptors (Lipinski definition) is 5. The zero-order valence-corrected chi connectivity index (χ0v) is 18.1. The smallest absolute Gasteiger partial charge is 0.258 e. The molecule has 0 atom stereocenters. The van der Waals surface area contributed by atoms with E-state index in [1.807, 2.05) is 6.92 Å². The van der Waals surface area contributed by atoms with Gasteiger partial charge in [-0.3, -0.25) is 14.7 Å². The third-order valence-corrected chi connectivity index (χ3v) is 5.14. The van der Waals surface area contributed by atoms with Crippen LogP contribution in [0.3, 0.4) is 0 Å². The van der Waals surface area contributed by atoms with Gasteiger partial charge in [-0.25, -0.2) is 8.78 Å². The van der Waals surface area contributed by atoms with E-state index < -0.39 is 17.5 Å². The largest absolute Gasteiger partial charge is 0.489 e. The molecule has 33 heavy (non-hydrogen) atoms. The number of amides is 1. The minimum absolute atomic E-state index is 0.00634. The third kappa shape index (κ3) is 5.06. The van der Waals surface area contributed by atoms with Crippen LogP contribution in [0.1, 0.15) is 33.1 Å². The third-order valence-electron chi connectivity index (χ3n) is 5.14. The standard InChI is InChI=1S/C25H21F2N3O3/c1-16-22(17(2)33-29-16)15-32-21-8-5-6-18(12-21)25(31)30(14-20-7-3-4-11-28-20)24-10-9-19(26)13-23(24)27/h3-13H,14-15H2,1-2H3. The molecule has 2 aromatic carbocycles. The van der Waals surface area contributed by atoms with Crippen LogP contribution in [0.4, 0.5) is 14.5 Å². The molecule has 2 heterocycles. The first-order chi connectivity index (χ1) is 15.9. The number of ether oxygens (including phenoxy) is 1. The molecular weight excluding hydrogens is 428 g/mol. The van der Waals surface area contributed by atoms with E-state index >= 15 is 0 Å². The van der Waals surface area contributed by atoms with Crippen molar-refractivity contribution in [3.63, 3.8) is 0 Å². The van der Waals surface area contributed by atoms with Gasteiger partial charge in [0.25, 0.3) is 5.91 Å². The van der Waals surface area contributed by atoms with Crippen molar-refractivity contribution < 1.29 is 22.8 Å². The molecule has 0 unspecified atom stereocenters. The maximum absolute atomic E-state index is 14.6. The van der Waals surface area contributed by atoms with Crippen molar-refractivity contribution in [3.05, 3.63) is 107 Å². The Morgan fingerprint density at radius 3 is 2.61 bits per heavy atom. The number of anilines is 1. The predicted octanol–water partition coefficient (Wildman–Crippen LogP) is 5.39. The lowest BCUT2D eigenvalue weighted by atomic mass is 10.1. The summed E-state index contributed by atoms with van der Waals surface area (Å²) in [5.41, 5.74) is 2.35. The normalized spacial score (nSPS) is 10.8. The van der Waals surface area contributed by atoms with Gasteiger partial charge in [0.1, 0.15) is 29.8 Å². The number of benzene rings is 2. The minimum atomic E-state index is -0.843. The van der Waals surface area contributed by atoms with Gasteiger partial charge >= 0.3 is 0 Å². The van der Waals surface area contributed by atoms with Crippen molar-refractivity contribution in [2.45, 2.75) is 27.0 Å². The summed E-state index contributed by atoms with van der Waals surface area (Å²) >= 11 is 0. The molecule has 0 bridgehead atoms. The van der Waals surface area contributed by atoms with E-state index in [-0.39, 0.29) is 24.4 Å². The van der Waals surface area contributed by atoms with E-state index in [0.29, 0.717) is 17.2 Å². The number of nitrogens with zero attached hydrogens (tertiary/aromatic N) is 3. The Morgan fingerprint density at radius 2 is 1.91 bits per heavy atom. The zero-order chi connectivity index (χ0) is 23.4. The van der Waals surface area contributed by atoms with Crippen molar-refractivity contribution in [3.8, 4) is 5.75 Å². The maximum atomic E-state index is 14.6. The Kier molecular flexibility index (Phi) is 6.44. The molecule has 0 radical (unpaired) electrons. The van der Waals surface area contributed by atoms with E-state index in [2.05, 4.69) is 10.1 Å². The van der Waals surface area contributed by atoms with Crippen LogP contribution < -0.4 is 9.64 Å². The van der Waals surface area contributed by atoms with Gasteiger partial charge in [-0.15, -0.1) is 0 Å². The summed E-state index contributed by atoms with van der Waals surface area (Å²) in [7, 11) is 0. The summed E-state index contributed by atoms with van der Waals surface area (Å²) in [5, 5.41) is 3.90. The Balaban J connectivity index is 1.62. The summed E-state index contributed by atoms with van der Waals surface area (Å²) in [5.74, 6) is -0.929. The number of halogens is 2. The van der Waals surface area contributed by atoms with Crippen LogP contribution in [-0.2, 0) is 13.2 Å². The predicted molar refractivity (Wildman–Crippen MR) is 118 cm³/mol. The first-order valence-corrected chi connectivity index (χ1v) is 10.2. The Labute approximate surface area is 189 Å². The van der Waals surface area contributed by atoms with Gasteiger partial charge in [-0.2, -0.15) is 0 Å². The van der Waals surface area contributed by atoms with E-state index in [1.54, 1.807) is 55.6 Å². The quantitative estimate of drug-likeness (QED) is 0.378. The molecular formula is C25H21F2N3O3. The summed E-state index contributed by atoms with van der Waals surface area (Å²) in [6.45, 7) is 3.85. The topological polar surface area (TPSA) is 68.5 Å². The van der Waals surface area contributed by atoms with Gasteiger partial charge in [-0.05, 0) is 56.3 Å². The van der Waals surface area contributed by atoms with Gasteiger partial charge in [0.15, 0.2) is 0 Å². The maximum Gasteiger partial charge on any atom is 0.258 e. The lowest BCUT2D eigenvalue weighted by Crippen LogP contribution is -2.31. The molecule has 4 aromatic rings. The van der Waals surface area contributed by atoms with Crippen molar-refractivity contribution in [2.75, 3.05) is 4.90 Å². The van der Waals surface area contributed by atoms with Crippen LogP contribution in [0.5, 0.6) is 5.75 Å². The molecule has 168 valence electrons. The van der Waals surface area contributed by atoms with Gasteiger partial charge in [0.05, 0.1) is 29.2 Å². The number of aromatic nitrogens is 2. The van der Waals surface area contributed by atoms with E-state index in [0.717, 1.165) is 23.4 Å². The second-order valence-electron chi connectivity index (χ2n) is 7.43. The summed E-state index contributed by atoms with van der Waals surface area (Å²) in [4.78, 5) is 18.9. The molecule has 1 amide bonds. The fourth-order valence-corrected chi connectivity index (χ4v) is 3.36. The van der Waals surface area contributed by atoms with Crippen LogP contribution in [0.25, 0.3) is 0 Å².